The Morgan fingerprint density at radius 1 is 1.17 bits per heavy atom. The molecule has 5 nitrogen and oxygen atoms in total. The average Bonchev–Trinajstić information content (AvgIpc) is 3.05. The summed E-state index contributed by atoms with van der Waals surface area (Å²) in [6, 6.07) is 8.06. The van der Waals surface area contributed by atoms with Crippen molar-refractivity contribution in [2.75, 3.05) is 11.5 Å². The lowest BCUT2D eigenvalue weighted by atomic mass is 9.95. The number of rotatable bonds is 9. The standard InChI is InChI=1S/C18H20ClF3N2O3S2/c19-16-6-5-15(28-16)12-3-1-11(2-4-12)13(18(20,21)22)7-9-29(24,27)10-8-14(23)17(25)26/h1-6,13-14,24H,7-10,23H2,(H,25,26)/t13?,14-,29?/m0/s1. The number of alkyl halides is 3. The second-order valence-corrected chi connectivity index (χ2v) is 10.7. The number of nitrogens with one attached hydrogen (secondary N) is 1. The van der Waals surface area contributed by atoms with Crippen molar-refractivity contribution in [3.05, 3.63) is 46.3 Å². The molecule has 1 aromatic carbocycles. The first-order valence-electron chi connectivity index (χ1n) is 8.54. The Morgan fingerprint density at radius 3 is 2.24 bits per heavy atom. The first kappa shape index (κ1) is 23.7. The Hall–Kier alpha value is -1.62. The van der Waals surface area contributed by atoms with Gasteiger partial charge in [-0.2, -0.15) is 13.2 Å². The molecule has 4 N–H and O–H groups in total. The minimum absolute atomic E-state index is 0.0151. The van der Waals surface area contributed by atoms with E-state index in [0.717, 1.165) is 10.4 Å². The summed E-state index contributed by atoms with van der Waals surface area (Å²) in [6.07, 6.45) is -5.33. The van der Waals surface area contributed by atoms with Gasteiger partial charge in [0.25, 0.3) is 0 Å². The molecular formula is C18H20ClF3N2O3S2. The van der Waals surface area contributed by atoms with Crippen LogP contribution >= 0.6 is 22.9 Å². The molecule has 29 heavy (non-hydrogen) atoms. The molecule has 2 aromatic rings. The second kappa shape index (κ2) is 9.46. The molecule has 0 saturated heterocycles. The summed E-state index contributed by atoms with van der Waals surface area (Å²) in [5.74, 6) is -4.03. The van der Waals surface area contributed by atoms with Crippen molar-refractivity contribution >= 4 is 38.6 Å². The van der Waals surface area contributed by atoms with Gasteiger partial charge in [-0.05, 0) is 36.1 Å². The summed E-state index contributed by atoms with van der Waals surface area (Å²) in [5, 5.41) is 8.72. The zero-order valence-corrected chi connectivity index (χ0v) is 17.5. The minimum Gasteiger partial charge on any atom is -0.480 e. The fraction of sp³-hybridized carbons (Fsp3) is 0.389. The monoisotopic (exact) mass is 468 g/mol. The van der Waals surface area contributed by atoms with Gasteiger partial charge in [0.15, 0.2) is 0 Å². The fourth-order valence-electron chi connectivity index (χ4n) is 2.72. The van der Waals surface area contributed by atoms with E-state index in [9.17, 15) is 22.2 Å². The molecule has 0 spiro atoms. The van der Waals surface area contributed by atoms with Gasteiger partial charge in [-0.15, -0.1) is 11.3 Å². The van der Waals surface area contributed by atoms with Crippen LogP contribution in [0, 0.1) is 4.78 Å². The minimum atomic E-state index is -4.57. The summed E-state index contributed by atoms with van der Waals surface area (Å²) in [5.41, 5.74) is 6.06. The molecule has 0 fully saturated rings. The number of halogens is 4. The van der Waals surface area contributed by atoms with Gasteiger partial charge in [0.2, 0.25) is 0 Å². The molecule has 160 valence electrons. The largest absolute Gasteiger partial charge is 0.480 e. The molecule has 2 unspecified atom stereocenters. The van der Waals surface area contributed by atoms with Crippen LogP contribution in [0.25, 0.3) is 10.4 Å². The molecular weight excluding hydrogens is 449 g/mol. The molecule has 2 rings (SSSR count). The number of thiophene rings is 1. The number of aliphatic carboxylic acids is 1. The first-order valence-corrected chi connectivity index (χ1v) is 11.6. The Morgan fingerprint density at radius 2 is 1.76 bits per heavy atom. The maximum Gasteiger partial charge on any atom is 0.395 e. The van der Waals surface area contributed by atoms with Gasteiger partial charge in [-0.25, -0.2) is 4.21 Å². The van der Waals surface area contributed by atoms with Gasteiger partial charge >= 0.3 is 12.1 Å². The van der Waals surface area contributed by atoms with E-state index >= 15 is 0 Å². The summed E-state index contributed by atoms with van der Waals surface area (Å²) in [4.78, 5) is 11.5. The smallest absolute Gasteiger partial charge is 0.395 e. The van der Waals surface area contributed by atoms with Gasteiger partial charge in [-0.1, -0.05) is 35.9 Å². The Balaban J connectivity index is 2.11. The molecule has 0 aliphatic rings. The van der Waals surface area contributed by atoms with E-state index in [0.29, 0.717) is 4.34 Å². The predicted octanol–water partition coefficient (Wildman–Crippen LogP) is 4.95. The highest BCUT2D eigenvalue weighted by Crippen LogP contribution is 2.39. The molecule has 0 bridgehead atoms. The SMILES string of the molecule is N=S(=O)(CCC(c1ccc(-c2ccc(Cl)s2)cc1)C(F)(F)F)CC[C@H](N)C(=O)O. The van der Waals surface area contributed by atoms with Crippen LogP contribution in [0.2, 0.25) is 4.34 Å². The Kier molecular flexibility index (Phi) is 7.72. The summed E-state index contributed by atoms with van der Waals surface area (Å²) < 4.78 is 61.3. The summed E-state index contributed by atoms with van der Waals surface area (Å²) in [7, 11) is -3.38. The molecule has 0 radical (unpaired) electrons. The highest BCUT2D eigenvalue weighted by molar-refractivity contribution is 7.92. The highest BCUT2D eigenvalue weighted by atomic mass is 35.5. The van der Waals surface area contributed by atoms with Gasteiger partial charge in [0, 0.05) is 26.1 Å². The van der Waals surface area contributed by atoms with Gasteiger partial charge < -0.3 is 10.8 Å². The zero-order chi connectivity index (χ0) is 21.8. The maximum atomic E-state index is 13.6. The molecule has 3 atom stereocenters. The van der Waals surface area contributed by atoms with Crippen molar-refractivity contribution < 1.29 is 27.3 Å². The predicted molar refractivity (Wildman–Crippen MR) is 109 cm³/mol. The lowest BCUT2D eigenvalue weighted by Gasteiger charge is -2.21. The third-order valence-electron chi connectivity index (χ3n) is 4.38. The van der Waals surface area contributed by atoms with Crippen LogP contribution in [0.15, 0.2) is 36.4 Å². The lowest BCUT2D eigenvalue weighted by Crippen LogP contribution is -2.32. The molecule has 11 heteroatoms. The van der Waals surface area contributed by atoms with Crippen molar-refractivity contribution in [3.63, 3.8) is 0 Å². The van der Waals surface area contributed by atoms with E-state index in [-0.39, 0.29) is 17.7 Å². The third kappa shape index (κ3) is 6.98. The van der Waals surface area contributed by atoms with E-state index in [2.05, 4.69) is 0 Å². The number of nitrogens with two attached hydrogens (primary N) is 1. The third-order valence-corrected chi connectivity index (χ3v) is 7.45. The number of hydrogen-bond donors (Lipinski definition) is 3. The molecule has 1 aromatic heterocycles. The summed E-state index contributed by atoms with van der Waals surface area (Å²) in [6.45, 7) is 0. The van der Waals surface area contributed by atoms with Crippen molar-refractivity contribution in [1.29, 1.82) is 4.78 Å². The Labute approximate surface area is 175 Å². The van der Waals surface area contributed by atoms with Crippen LogP contribution in [0.3, 0.4) is 0 Å². The van der Waals surface area contributed by atoms with Crippen LogP contribution < -0.4 is 5.73 Å². The number of carboxylic acids is 1. The van der Waals surface area contributed by atoms with Crippen LogP contribution in [0.5, 0.6) is 0 Å². The van der Waals surface area contributed by atoms with Crippen molar-refractivity contribution in [3.8, 4) is 10.4 Å². The van der Waals surface area contributed by atoms with E-state index < -0.39 is 46.0 Å². The summed E-state index contributed by atoms with van der Waals surface area (Å²) >= 11 is 7.20. The van der Waals surface area contributed by atoms with Crippen molar-refractivity contribution in [1.82, 2.24) is 0 Å². The number of carboxylic acid groups (broad SMARTS) is 1. The zero-order valence-electron chi connectivity index (χ0n) is 15.1. The Bertz CT molecular complexity index is 944. The van der Waals surface area contributed by atoms with Crippen molar-refractivity contribution in [2.24, 2.45) is 5.73 Å². The normalized spacial score (nSPS) is 16.2. The number of benzene rings is 1. The quantitative estimate of drug-likeness (QED) is 0.484. The van der Waals surface area contributed by atoms with E-state index in [1.165, 1.54) is 23.5 Å². The van der Waals surface area contributed by atoms with E-state index in [4.69, 9.17) is 27.2 Å². The molecule has 0 aliphatic heterocycles. The molecule has 0 aliphatic carbocycles. The lowest BCUT2D eigenvalue weighted by molar-refractivity contribution is -0.150. The molecule has 1 heterocycles. The van der Waals surface area contributed by atoms with Crippen LogP contribution in [0.1, 0.15) is 24.3 Å². The number of hydrogen-bond acceptors (Lipinski definition) is 5. The molecule has 0 amide bonds. The maximum absolute atomic E-state index is 13.6. The van der Waals surface area contributed by atoms with Crippen LogP contribution in [-0.4, -0.2) is 39.0 Å². The number of carbonyl (C=O) groups is 1. The second-order valence-electron chi connectivity index (χ2n) is 6.56. The van der Waals surface area contributed by atoms with E-state index in [1.807, 2.05) is 0 Å². The van der Waals surface area contributed by atoms with Gasteiger partial charge in [0.1, 0.15) is 6.04 Å². The topological polar surface area (TPSA) is 104 Å². The van der Waals surface area contributed by atoms with Gasteiger partial charge in [0.05, 0.1) is 10.3 Å². The van der Waals surface area contributed by atoms with Crippen LogP contribution in [-0.2, 0) is 14.5 Å². The fourth-order valence-corrected chi connectivity index (χ4v) is 5.22. The van der Waals surface area contributed by atoms with Crippen LogP contribution in [0.4, 0.5) is 13.2 Å². The first-order chi connectivity index (χ1) is 13.4. The van der Waals surface area contributed by atoms with Gasteiger partial charge in [-0.3, -0.25) is 9.57 Å². The van der Waals surface area contributed by atoms with Crippen molar-refractivity contribution in [2.45, 2.75) is 31.0 Å². The van der Waals surface area contributed by atoms with E-state index in [1.54, 1.807) is 24.3 Å². The molecule has 0 saturated carbocycles. The highest BCUT2D eigenvalue weighted by Gasteiger charge is 2.40. The average molecular weight is 469 g/mol.